The number of likely N-dealkylation sites (tertiary alicyclic amines) is 1. The van der Waals surface area contributed by atoms with Gasteiger partial charge in [0.05, 0.1) is 19.4 Å². The Kier molecular flexibility index (Phi) is 22.0. The van der Waals surface area contributed by atoms with Gasteiger partial charge in [-0.15, -0.1) is 0 Å². The second kappa shape index (κ2) is 23.6. The van der Waals surface area contributed by atoms with E-state index in [9.17, 15) is 14.3 Å². The van der Waals surface area contributed by atoms with E-state index in [4.69, 9.17) is 14.0 Å². The van der Waals surface area contributed by atoms with Gasteiger partial charge in [0.25, 0.3) is 6.47 Å². The van der Waals surface area contributed by atoms with Gasteiger partial charge in [0.15, 0.2) is 0 Å². The average molecular weight is 534 g/mol. The number of rotatable bonds is 27. The van der Waals surface area contributed by atoms with Gasteiger partial charge in [0.2, 0.25) is 0 Å². The summed E-state index contributed by atoms with van der Waals surface area (Å²) in [6, 6.07) is 0. The predicted octanol–water partition coefficient (Wildman–Crippen LogP) is 7.10. The molecule has 0 aromatic rings. The van der Waals surface area contributed by atoms with Crippen LogP contribution in [-0.2, 0) is 23.4 Å². The lowest BCUT2D eigenvalue weighted by molar-refractivity contribution is -0.138. The van der Waals surface area contributed by atoms with Crippen molar-refractivity contribution in [1.29, 1.82) is 0 Å². The van der Waals surface area contributed by atoms with Crippen LogP contribution in [0.25, 0.3) is 0 Å². The number of carbonyl (C=O) groups is 1. The van der Waals surface area contributed by atoms with Gasteiger partial charge >= 0.3 is 7.60 Å². The highest BCUT2D eigenvalue weighted by atomic mass is 31.2. The number of carbonyl (C=O) groups excluding carboxylic acids is 1. The van der Waals surface area contributed by atoms with Crippen molar-refractivity contribution < 1.29 is 28.3 Å². The van der Waals surface area contributed by atoms with E-state index in [0.29, 0.717) is 19.6 Å². The first kappa shape index (κ1) is 33.6. The molecule has 7 nitrogen and oxygen atoms in total. The quantitative estimate of drug-likeness (QED) is 0.0684. The molecule has 214 valence electrons. The van der Waals surface area contributed by atoms with Crippen molar-refractivity contribution >= 4 is 14.1 Å². The van der Waals surface area contributed by atoms with Crippen molar-refractivity contribution in [3.8, 4) is 0 Å². The number of hydrogen-bond acceptors (Lipinski definition) is 6. The zero-order valence-corrected chi connectivity index (χ0v) is 24.1. The van der Waals surface area contributed by atoms with Crippen LogP contribution in [0.2, 0.25) is 0 Å². The molecule has 1 rings (SSSR count). The molecule has 0 bridgehead atoms. The van der Waals surface area contributed by atoms with E-state index in [-0.39, 0.29) is 19.4 Å². The van der Waals surface area contributed by atoms with Crippen LogP contribution in [0.15, 0.2) is 0 Å². The third kappa shape index (κ3) is 20.6. The third-order valence-corrected chi connectivity index (χ3v) is 8.37. The highest BCUT2D eigenvalue weighted by Crippen LogP contribution is 2.41. The fraction of sp³-hybridized carbons (Fsp3) is 0.964. The minimum atomic E-state index is -3.69. The first-order valence-corrected chi connectivity index (χ1v) is 16.7. The second-order valence-electron chi connectivity index (χ2n) is 10.4. The lowest BCUT2D eigenvalue weighted by atomic mass is 10.0. The lowest BCUT2D eigenvalue weighted by Gasteiger charge is -2.20. The Morgan fingerprint density at radius 1 is 0.806 bits per heavy atom. The third-order valence-electron chi connectivity index (χ3n) is 7.05. The maximum absolute atomic E-state index is 12.2. The molecule has 1 saturated heterocycles. The number of nitrogens with zero attached hydrogens (tertiary/aromatic N) is 1. The number of unbranched alkanes of at least 4 members (excludes halogenated alkanes) is 15. The van der Waals surface area contributed by atoms with Crippen LogP contribution >= 0.6 is 7.60 Å². The molecule has 0 spiro atoms. The molecule has 8 heteroatoms. The normalized spacial score (nSPS) is 16.7. The Morgan fingerprint density at radius 3 is 1.81 bits per heavy atom. The molecular weight excluding hydrogens is 477 g/mol. The average Bonchev–Trinajstić information content (AvgIpc) is 3.39. The smallest absolute Gasteiger partial charge is 0.329 e. The van der Waals surface area contributed by atoms with Gasteiger partial charge in [-0.05, 0) is 32.4 Å². The molecule has 2 atom stereocenters. The van der Waals surface area contributed by atoms with Gasteiger partial charge < -0.3 is 23.8 Å². The minimum Gasteiger partial charge on any atom is -0.460 e. The lowest BCUT2D eigenvalue weighted by Crippen LogP contribution is -2.27. The highest BCUT2D eigenvalue weighted by molar-refractivity contribution is 7.52. The largest absolute Gasteiger partial charge is 0.460 e. The van der Waals surface area contributed by atoms with Crippen LogP contribution in [0.3, 0.4) is 0 Å². The Bertz CT molecular complexity index is 544. The molecule has 0 radical (unpaired) electrons. The molecule has 36 heavy (non-hydrogen) atoms. The fourth-order valence-electron chi connectivity index (χ4n) is 4.71. The molecule has 0 aromatic heterocycles. The van der Waals surface area contributed by atoms with E-state index in [2.05, 4.69) is 11.8 Å². The summed E-state index contributed by atoms with van der Waals surface area (Å²) in [5.74, 6) is 0. The highest BCUT2D eigenvalue weighted by Gasteiger charge is 2.24. The monoisotopic (exact) mass is 533 g/mol. The maximum Gasteiger partial charge on any atom is 0.329 e. The second-order valence-corrected chi connectivity index (χ2v) is 12.4. The van der Waals surface area contributed by atoms with Gasteiger partial charge in [-0.3, -0.25) is 9.36 Å². The van der Waals surface area contributed by atoms with Gasteiger partial charge in [0, 0.05) is 13.2 Å². The molecule has 0 aliphatic carbocycles. The first-order valence-electron chi connectivity index (χ1n) is 14.9. The van der Waals surface area contributed by atoms with Crippen LogP contribution < -0.4 is 0 Å². The van der Waals surface area contributed by atoms with E-state index in [1.54, 1.807) is 0 Å². The summed E-state index contributed by atoms with van der Waals surface area (Å²) < 4.78 is 28.1. The zero-order chi connectivity index (χ0) is 26.2. The van der Waals surface area contributed by atoms with E-state index < -0.39 is 13.7 Å². The van der Waals surface area contributed by atoms with Crippen LogP contribution in [0, 0.1) is 0 Å². The van der Waals surface area contributed by atoms with Crippen molar-refractivity contribution in [2.24, 2.45) is 0 Å². The molecule has 1 aliphatic rings. The number of hydrogen-bond donors (Lipinski definition) is 1. The van der Waals surface area contributed by atoms with E-state index in [1.165, 1.54) is 89.9 Å². The SMILES string of the molecule is CCCCCCCCCCCCCCCCCCOCC(COP(=O)(O)CCN1CCCC1)OC=O. The van der Waals surface area contributed by atoms with Crippen molar-refractivity contribution in [2.45, 2.75) is 129 Å². The fourth-order valence-corrected chi connectivity index (χ4v) is 5.77. The van der Waals surface area contributed by atoms with Crippen molar-refractivity contribution in [2.75, 3.05) is 45.6 Å². The molecule has 0 aromatic carbocycles. The van der Waals surface area contributed by atoms with E-state index >= 15 is 0 Å². The Morgan fingerprint density at radius 2 is 1.31 bits per heavy atom. The summed E-state index contributed by atoms with van der Waals surface area (Å²) in [6.07, 6.45) is 23.0. The number of ether oxygens (including phenoxy) is 2. The van der Waals surface area contributed by atoms with Crippen molar-refractivity contribution in [3.63, 3.8) is 0 Å². The summed E-state index contributed by atoms with van der Waals surface area (Å²) in [6.45, 7) is 5.79. The van der Waals surface area contributed by atoms with E-state index in [1.807, 2.05) is 0 Å². The standard InChI is InChI=1S/C28H56NO6P/c1-2-3-4-5-6-7-8-9-10-11-12-13-14-15-16-19-23-33-25-28(34-27-30)26-35-36(31,32)24-22-29-20-17-18-21-29/h27-28H,2-26H2,1H3,(H,31,32). The molecule has 2 unspecified atom stereocenters. The predicted molar refractivity (Wildman–Crippen MR) is 148 cm³/mol. The summed E-state index contributed by atoms with van der Waals surface area (Å²) in [5.41, 5.74) is 0. The summed E-state index contributed by atoms with van der Waals surface area (Å²) >= 11 is 0. The first-order chi connectivity index (χ1) is 17.6. The summed E-state index contributed by atoms with van der Waals surface area (Å²) in [5, 5.41) is 0. The summed E-state index contributed by atoms with van der Waals surface area (Å²) in [4.78, 5) is 23.0. The summed E-state index contributed by atoms with van der Waals surface area (Å²) in [7, 11) is -3.69. The van der Waals surface area contributed by atoms with Gasteiger partial charge in [-0.25, -0.2) is 0 Å². The maximum atomic E-state index is 12.2. The van der Waals surface area contributed by atoms with Crippen LogP contribution in [0.4, 0.5) is 0 Å². The van der Waals surface area contributed by atoms with Gasteiger partial charge in [0.1, 0.15) is 6.10 Å². The molecule has 1 heterocycles. The Hall–Kier alpha value is -0.460. The van der Waals surface area contributed by atoms with Crippen LogP contribution in [-0.4, -0.2) is 68.0 Å². The molecule has 1 fully saturated rings. The molecule has 1 aliphatic heterocycles. The molecule has 0 saturated carbocycles. The topological polar surface area (TPSA) is 85.3 Å². The molecular formula is C28H56NO6P. The zero-order valence-electron chi connectivity index (χ0n) is 23.2. The molecule has 0 amide bonds. The van der Waals surface area contributed by atoms with Crippen LogP contribution in [0.1, 0.15) is 122 Å². The van der Waals surface area contributed by atoms with Crippen molar-refractivity contribution in [3.05, 3.63) is 0 Å². The van der Waals surface area contributed by atoms with E-state index in [0.717, 1.165) is 38.8 Å². The minimum absolute atomic E-state index is 0.0981. The van der Waals surface area contributed by atoms with Gasteiger partial charge in [-0.2, -0.15) is 0 Å². The molecule has 1 N–H and O–H groups in total. The van der Waals surface area contributed by atoms with Gasteiger partial charge in [-0.1, -0.05) is 103 Å². The Labute approximate surface area is 221 Å². The van der Waals surface area contributed by atoms with Crippen LogP contribution in [0.5, 0.6) is 0 Å². The van der Waals surface area contributed by atoms with Crippen molar-refractivity contribution in [1.82, 2.24) is 4.90 Å². The Balaban J connectivity index is 1.90.